The second-order valence-electron chi connectivity index (χ2n) is 9.50. The highest BCUT2D eigenvalue weighted by Crippen LogP contribution is 2.44. The third-order valence-electron chi connectivity index (χ3n) is 6.89. The lowest BCUT2D eigenvalue weighted by atomic mass is 9.77. The summed E-state index contributed by atoms with van der Waals surface area (Å²) in [5.41, 5.74) is 6.77. The Morgan fingerprint density at radius 3 is 2.39 bits per heavy atom. The van der Waals surface area contributed by atoms with Crippen LogP contribution in [0.3, 0.4) is 0 Å². The van der Waals surface area contributed by atoms with Gasteiger partial charge in [0.05, 0.1) is 17.3 Å². The van der Waals surface area contributed by atoms with Crippen molar-refractivity contribution in [3.05, 3.63) is 112 Å². The molecule has 1 saturated carbocycles. The van der Waals surface area contributed by atoms with E-state index in [1.54, 1.807) is 17.1 Å². The van der Waals surface area contributed by atoms with Crippen LogP contribution in [0.4, 0.5) is 4.39 Å². The van der Waals surface area contributed by atoms with E-state index in [9.17, 15) is 9.18 Å². The van der Waals surface area contributed by atoms with Crippen molar-refractivity contribution in [3.8, 4) is 0 Å². The Morgan fingerprint density at radius 1 is 1.03 bits per heavy atom. The number of hydrogen-bond donors (Lipinski definition) is 1. The van der Waals surface area contributed by atoms with E-state index in [-0.39, 0.29) is 22.6 Å². The van der Waals surface area contributed by atoms with Crippen molar-refractivity contribution >= 4 is 35.0 Å². The van der Waals surface area contributed by atoms with E-state index in [2.05, 4.69) is 73.8 Å². The van der Waals surface area contributed by atoms with Crippen molar-refractivity contribution in [2.24, 2.45) is 11.0 Å². The van der Waals surface area contributed by atoms with Crippen LogP contribution in [0, 0.1) is 25.6 Å². The summed E-state index contributed by atoms with van der Waals surface area (Å²) in [6.07, 6.45) is 5.17. The standard InChI is InChI=1S/C30H28FN3OS/c1-19-10-14-21(15-11-19)18-23-6-5-8-25-27(23)33-34(28(25)22-16-12-20(2)13-17-22)30(36)32-29(35)24-7-3-4-9-26(24)31/h3-4,7,9-18,25,28H,5-6,8H2,1-2H3,(H,32,35,36)/b23-18+. The minimum absolute atomic E-state index is 0.0454. The topological polar surface area (TPSA) is 44.7 Å². The molecule has 36 heavy (non-hydrogen) atoms. The number of allylic oxidation sites excluding steroid dienone is 1. The predicted octanol–water partition coefficient (Wildman–Crippen LogP) is 6.75. The molecule has 2 unspecified atom stereocenters. The van der Waals surface area contributed by atoms with Crippen LogP contribution < -0.4 is 5.32 Å². The normalized spacial score (nSPS) is 20.1. The summed E-state index contributed by atoms with van der Waals surface area (Å²) in [6.45, 7) is 4.13. The Labute approximate surface area is 216 Å². The average molecular weight is 498 g/mol. The summed E-state index contributed by atoms with van der Waals surface area (Å²) < 4.78 is 14.2. The van der Waals surface area contributed by atoms with Crippen molar-refractivity contribution in [2.45, 2.75) is 39.2 Å². The summed E-state index contributed by atoms with van der Waals surface area (Å²) in [6, 6.07) is 22.6. The molecule has 4 nitrogen and oxygen atoms in total. The zero-order chi connectivity index (χ0) is 25.2. The molecule has 3 aromatic rings. The van der Waals surface area contributed by atoms with Gasteiger partial charge < -0.3 is 0 Å². The third-order valence-corrected chi connectivity index (χ3v) is 7.17. The highest BCUT2D eigenvalue weighted by atomic mass is 32.1. The van der Waals surface area contributed by atoms with Crippen LogP contribution in [0.15, 0.2) is 83.5 Å². The summed E-state index contributed by atoms with van der Waals surface area (Å²) in [7, 11) is 0. The van der Waals surface area contributed by atoms with E-state index in [1.165, 1.54) is 28.8 Å². The molecule has 5 rings (SSSR count). The first-order valence-electron chi connectivity index (χ1n) is 12.2. The molecule has 1 fully saturated rings. The average Bonchev–Trinajstić information content (AvgIpc) is 3.27. The van der Waals surface area contributed by atoms with Gasteiger partial charge in [-0.1, -0.05) is 71.8 Å². The van der Waals surface area contributed by atoms with Gasteiger partial charge in [-0.05, 0) is 80.2 Å². The number of benzene rings is 3. The molecule has 3 aromatic carbocycles. The van der Waals surface area contributed by atoms with Gasteiger partial charge in [0.25, 0.3) is 5.91 Å². The van der Waals surface area contributed by atoms with Crippen molar-refractivity contribution in [3.63, 3.8) is 0 Å². The first kappa shape index (κ1) is 24.1. The van der Waals surface area contributed by atoms with Gasteiger partial charge in [-0.25, -0.2) is 9.40 Å². The lowest BCUT2D eigenvalue weighted by Gasteiger charge is -2.30. The maximum absolute atomic E-state index is 14.2. The van der Waals surface area contributed by atoms with Crippen molar-refractivity contribution < 1.29 is 9.18 Å². The fourth-order valence-corrected chi connectivity index (χ4v) is 5.24. The highest BCUT2D eigenvalue weighted by Gasteiger charge is 2.43. The molecular formula is C30H28FN3OS. The maximum Gasteiger partial charge on any atom is 0.260 e. The van der Waals surface area contributed by atoms with Crippen molar-refractivity contribution in [2.75, 3.05) is 0 Å². The number of thiocarbonyl (C=S) groups is 1. The van der Waals surface area contributed by atoms with E-state index >= 15 is 0 Å². The summed E-state index contributed by atoms with van der Waals surface area (Å²) in [5, 5.41) is 9.62. The predicted molar refractivity (Wildman–Crippen MR) is 146 cm³/mol. The van der Waals surface area contributed by atoms with E-state index in [0.717, 1.165) is 36.1 Å². The van der Waals surface area contributed by atoms with Gasteiger partial charge in [-0.15, -0.1) is 0 Å². The monoisotopic (exact) mass is 497 g/mol. The molecule has 1 heterocycles. The van der Waals surface area contributed by atoms with Crippen LogP contribution in [0.2, 0.25) is 0 Å². The molecule has 2 aliphatic rings. The fourth-order valence-electron chi connectivity index (χ4n) is 5.00. The SMILES string of the molecule is Cc1ccc(/C=C2\CCCC3C2=NN(C(=S)NC(=O)c2ccccc2F)C3c2ccc(C)cc2)cc1. The van der Waals surface area contributed by atoms with Crippen LogP contribution in [-0.2, 0) is 0 Å². The minimum atomic E-state index is -0.586. The van der Waals surface area contributed by atoms with Gasteiger partial charge in [0.2, 0.25) is 0 Å². The molecule has 1 N–H and O–H groups in total. The van der Waals surface area contributed by atoms with Gasteiger partial charge in [-0.2, -0.15) is 5.10 Å². The van der Waals surface area contributed by atoms with Crippen molar-refractivity contribution in [1.29, 1.82) is 0 Å². The second kappa shape index (κ2) is 10.2. The Hall–Kier alpha value is -3.64. The summed E-state index contributed by atoms with van der Waals surface area (Å²) in [5.74, 6) is -1.02. The maximum atomic E-state index is 14.2. The molecule has 0 spiro atoms. The van der Waals surface area contributed by atoms with Crippen LogP contribution in [-0.4, -0.2) is 21.7 Å². The van der Waals surface area contributed by atoms with E-state index in [4.69, 9.17) is 17.3 Å². The highest BCUT2D eigenvalue weighted by molar-refractivity contribution is 7.80. The molecule has 1 amide bonds. The van der Waals surface area contributed by atoms with Crippen LogP contribution in [0.5, 0.6) is 0 Å². The Bertz CT molecular complexity index is 1360. The fraction of sp³-hybridized carbons (Fsp3) is 0.233. The van der Waals surface area contributed by atoms with Crippen molar-refractivity contribution in [1.82, 2.24) is 10.3 Å². The van der Waals surface area contributed by atoms with Gasteiger partial charge in [-0.3, -0.25) is 10.1 Å². The molecule has 0 bridgehead atoms. The number of amides is 1. The number of hydrogen-bond acceptors (Lipinski definition) is 3. The first-order chi connectivity index (χ1) is 17.4. The van der Waals surface area contributed by atoms with E-state index in [1.807, 2.05) is 0 Å². The number of aryl methyl sites for hydroxylation is 2. The van der Waals surface area contributed by atoms with Gasteiger partial charge in [0.1, 0.15) is 5.82 Å². The largest absolute Gasteiger partial charge is 0.297 e. The lowest BCUT2D eigenvalue weighted by Crippen LogP contribution is -2.41. The van der Waals surface area contributed by atoms with Gasteiger partial charge in [0, 0.05) is 5.92 Å². The number of nitrogens with one attached hydrogen (secondary N) is 1. The van der Waals surface area contributed by atoms with Crippen LogP contribution >= 0.6 is 12.2 Å². The van der Waals surface area contributed by atoms with Crippen LogP contribution in [0.25, 0.3) is 6.08 Å². The summed E-state index contributed by atoms with van der Waals surface area (Å²) in [4.78, 5) is 12.8. The van der Waals surface area contributed by atoms with Gasteiger partial charge in [0.15, 0.2) is 5.11 Å². The van der Waals surface area contributed by atoms with Crippen LogP contribution in [0.1, 0.15) is 57.9 Å². The number of carbonyl (C=O) groups excluding carboxylic acids is 1. The molecule has 1 aliphatic carbocycles. The Morgan fingerprint density at radius 2 is 1.69 bits per heavy atom. The number of fused-ring (bicyclic) bond motifs is 1. The summed E-state index contributed by atoms with van der Waals surface area (Å²) >= 11 is 5.69. The Balaban J connectivity index is 1.50. The molecule has 6 heteroatoms. The number of hydrazone groups is 1. The Kier molecular flexibility index (Phi) is 6.79. The molecular weight excluding hydrogens is 469 g/mol. The molecule has 0 aromatic heterocycles. The quantitative estimate of drug-likeness (QED) is 0.407. The zero-order valence-electron chi connectivity index (χ0n) is 20.4. The molecule has 0 saturated heterocycles. The number of nitrogens with zero attached hydrogens (tertiary/aromatic N) is 2. The number of halogens is 1. The van der Waals surface area contributed by atoms with E-state index in [0.29, 0.717) is 0 Å². The third kappa shape index (κ3) is 4.86. The first-order valence-corrected chi connectivity index (χ1v) is 12.6. The molecule has 182 valence electrons. The lowest BCUT2D eigenvalue weighted by molar-refractivity contribution is 0.0967. The molecule has 1 aliphatic heterocycles. The second-order valence-corrected chi connectivity index (χ2v) is 9.89. The molecule has 0 radical (unpaired) electrons. The number of carbonyl (C=O) groups is 1. The van der Waals surface area contributed by atoms with E-state index < -0.39 is 11.7 Å². The zero-order valence-corrected chi connectivity index (χ0v) is 21.2. The number of rotatable bonds is 3. The van der Waals surface area contributed by atoms with Gasteiger partial charge >= 0.3 is 0 Å². The minimum Gasteiger partial charge on any atom is -0.297 e. The smallest absolute Gasteiger partial charge is 0.260 e. The molecule has 2 atom stereocenters.